The lowest BCUT2D eigenvalue weighted by atomic mass is 9.88. The number of Topliss-reactive ketones (excluding diaryl/α,β-unsaturated/α-hetero) is 1. The number of carbonyl (C=O) groups is 4. The molecule has 0 spiro atoms. The number of rotatable bonds is 5. The fraction of sp³-hybridized carbons (Fsp3) is 0.484. The summed E-state index contributed by atoms with van der Waals surface area (Å²) in [5.41, 5.74) is 2.51. The summed E-state index contributed by atoms with van der Waals surface area (Å²) in [6, 6.07) is 11.7. The summed E-state index contributed by atoms with van der Waals surface area (Å²) in [5, 5.41) is 2.70. The van der Waals surface area contributed by atoms with Gasteiger partial charge in [-0.05, 0) is 70.7 Å². The molecule has 0 aromatic heterocycles. The first-order valence-corrected chi connectivity index (χ1v) is 13.8. The van der Waals surface area contributed by atoms with Crippen LogP contribution >= 0.6 is 0 Å². The van der Waals surface area contributed by atoms with Gasteiger partial charge in [0.25, 0.3) is 5.91 Å². The van der Waals surface area contributed by atoms with Gasteiger partial charge in [0.2, 0.25) is 5.91 Å². The van der Waals surface area contributed by atoms with Crippen LogP contribution in [0.25, 0.3) is 0 Å². The summed E-state index contributed by atoms with van der Waals surface area (Å²) < 4.78 is 5.45. The van der Waals surface area contributed by atoms with E-state index in [0.717, 1.165) is 43.2 Å². The lowest BCUT2D eigenvalue weighted by Crippen LogP contribution is -2.54. The van der Waals surface area contributed by atoms with Crippen LogP contribution in [-0.4, -0.2) is 48.4 Å². The molecule has 8 heteroatoms. The monoisotopic (exact) mass is 533 g/mol. The Bertz CT molecular complexity index is 1260. The minimum Gasteiger partial charge on any atom is -0.444 e. The third-order valence-electron chi connectivity index (χ3n) is 7.30. The van der Waals surface area contributed by atoms with Crippen molar-refractivity contribution in [3.63, 3.8) is 0 Å². The molecule has 2 aromatic carbocycles. The fourth-order valence-electron chi connectivity index (χ4n) is 5.36. The first-order valence-electron chi connectivity index (χ1n) is 13.8. The van der Waals surface area contributed by atoms with Crippen molar-refractivity contribution in [2.75, 3.05) is 22.9 Å². The molecule has 1 N–H and O–H groups in total. The molecule has 1 saturated carbocycles. The highest BCUT2D eigenvalue weighted by molar-refractivity contribution is 6.12. The number of aryl methyl sites for hydroxylation is 2. The predicted molar refractivity (Wildman–Crippen MR) is 151 cm³/mol. The summed E-state index contributed by atoms with van der Waals surface area (Å²) in [7, 11) is 0. The molecule has 208 valence electrons. The minimum atomic E-state index is -1.09. The number of ether oxygens (including phenoxy) is 1. The Hall–Kier alpha value is -3.68. The summed E-state index contributed by atoms with van der Waals surface area (Å²) >= 11 is 0. The first-order chi connectivity index (χ1) is 18.4. The molecule has 1 unspecified atom stereocenters. The lowest BCUT2D eigenvalue weighted by Gasteiger charge is -2.31. The molecule has 1 aliphatic carbocycles. The van der Waals surface area contributed by atoms with Crippen LogP contribution in [0.15, 0.2) is 42.5 Å². The smallest absolute Gasteiger partial charge is 0.408 e. The van der Waals surface area contributed by atoms with Gasteiger partial charge in [-0.1, -0.05) is 49.6 Å². The summed E-state index contributed by atoms with van der Waals surface area (Å²) in [6.07, 6.45) is 3.92. The van der Waals surface area contributed by atoms with Crippen molar-refractivity contribution in [1.29, 1.82) is 0 Å². The van der Waals surface area contributed by atoms with Crippen molar-refractivity contribution >= 4 is 35.1 Å². The Morgan fingerprint density at radius 2 is 1.67 bits per heavy atom. The molecule has 2 aromatic rings. The predicted octanol–water partition coefficient (Wildman–Crippen LogP) is 5.34. The Labute approximate surface area is 230 Å². The average Bonchev–Trinajstić information content (AvgIpc) is 2.98. The standard InChI is InChI=1S/C31H39N3O5/c1-20-15-16-25-26(17-20)34(19-27(35)23-14-10-9-11-21(23)2)29(37)24(32-30(38)39-31(3,4)5)18-33(25)28(36)22-12-7-6-8-13-22/h9-11,14-17,22,24H,6-8,12-13,18-19H2,1-5H3,(H,32,38). The van der Waals surface area contributed by atoms with E-state index in [1.807, 2.05) is 44.2 Å². The normalized spacial score (nSPS) is 18.3. The SMILES string of the molecule is Cc1ccc2c(c1)N(CC(=O)c1ccccc1C)C(=O)C(NC(=O)OC(C)(C)C)CN2C(=O)C1CCCCC1. The van der Waals surface area contributed by atoms with Crippen molar-refractivity contribution < 1.29 is 23.9 Å². The molecule has 8 nitrogen and oxygen atoms in total. The summed E-state index contributed by atoms with van der Waals surface area (Å²) in [4.78, 5) is 57.3. The van der Waals surface area contributed by atoms with Gasteiger partial charge in [0.1, 0.15) is 11.6 Å². The Morgan fingerprint density at radius 3 is 2.33 bits per heavy atom. The maximum atomic E-state index is 14.1. The van der Waals surface area contributed by atoms with E-state index in [2.05, 4.69) is 5.32 Å². The van der Waals surface area contributed by atoms with Crippen LogP contribution in [0.5, 0.6) is 0 Å². The number of hydrogen-bond donors (Lipinski definition) is 1. The van der Waals surface area contributed by atoms with Gasteiger partial charge in [-0.15, -0.1) is 0 Å². The van der Waals surface area contributed by atoms with E-state index in [-0.39, 0.29) is 30.7 Å². The van der Waals surface area contributed by atoms with Gasteiger partial charge in [-0.2, -0.15) is 0 Å². The number of benzene rings is 2. The van der Waals surface area contributed by atoms with E-state index in [0.29, 0.717) is 16.9 Å². The van der Waals surface area contributed by atoms with Crippen LogP contribution in [0.1, 0.15) is 74.4 Å². The number of fused-ring (bicyclic) bond motifs is 1. The van der Waals surface area contributed by atoms with E-state index in [4.69, 9.17) is 4.74 Å². The Morgan fingerprint density at radius 1 is 0.974 bits per heavy atom. The third-order valence-corrected chi connectivity index (χ3v) is 7.30. The average molecular weight is 534 g/mol. The molecular formula is C31H39N3O5. The number of nitrogens with one attached hydrogen (secondary N) is 1. The number of carbonyl (C=O) groups excluding carboxylic acids is 4. The van der Waals surface area contributed by atoms with Crippen LogP contribution in [0.4, 0.5) is 16.2 Å². The fourth-order valence-corrected chi connectivity index (χ4v) is 5.36. The van der Waals surface area contributed by atoms with Crippen LogP contribution in [-0.2, 0) is 14.3 Å². The van der Waals surface area contributed by atoms with Gasteiger partial charge >= 0.3 is 6.09 Å². The zero-order valence-electron chi connectivity index (χ0n) is 23.6. The van der Waals surface area contributed by atoms with E-state index < -0.39 is 23.6 Å². The second kappa shape index (κ2) is 11.6. The van der Waals surface area contributed by atoms with Gasteiger partial charge in [0, 0.05) is 11.5 Å². The van der Waals surface area contributed by atoms with Gasteiger partial charge in [-0.3, -0.25) is 14.4 Å². The molecule has 0 bridgehead atoms. The lowest BCUT2D eigenvalue weighted by molar-refractivity contribution is -0.123. The molecule has 0 radical (unpaired) electrons. The quantitative estimate of drug-likeness (QED) is 0.524. The van der Waals surface area contributed by atoms with Crippen LogP contribution in [0.3, 0.4) is 0 Å². The zero-order valence-corrected chi connectivity index (χ0v) is 23.6. The number of amides is 3. The van der Waals surface area contributed by atoms with Crippen LogP contribution in [0, 0.1) is 19.8 Å². The van der Waals surface area contributed by atoms with Crippen molar-refractivity contribution in [2.24, 2.45) is 5.92 Å². The number of ketones is 1. The van der Waals surface area contributed by atoms with Crippen LogP contribution < -0.4 is 15.1 Å². The maximum absolute atomic E-state index is 14.1. The minimum absolute atomic E-state index is 0.0431. The molecule has 0 saturated heterocycles. The maximum Gasteiger partial charge on any atom is 0.408 e. The van der Waals surface area contributed by atoms with Crippen molar-refractivity contribution in [3.05, 3.63) is 59.2 Å². The van der Waals surface area contributed by atoms with E-state index in [1.165, 1.54) is 4.90 Å². The second-order valence-corrected chi connectivity index (χ2v) is 11.6. The molecule has 1 heterocycles. The highest BCUT2D eigenvalue weighted by atomic mass is 16.6. The molecule has 2 aliphatic rings. The molecule has 3 amide bonds. The number of anilines is 2. The summed E-state index contributed by atoms with van der Waals surface area (Å²) in [6.45, 7) is 8.72. The van der Waals surface area contributed by atoms with E-state index in [1.54, 1.807) is 37.8 Å². The number of alkyl carbamates (subject to hydrolysis) is 1. The molecule has 39 heavy (non-hydrogen) atoms. The first kappa shape index (κ1) is 28.3. The number of hydrogen-bond acceptors (Lipinski definition) is 5. The highest BCUT2D eigenvalue weighted by Crippen LogP contribution is 2.37. The summed E-state index contributed by atoms with van der Waals surface area (Å²) in [5.74, 6) is -0.897. The van der Waals surface area contributed by atoms with Crippen molar-refractivity contribution in [3.8, 4) is 0 Å². The molecule has 4 rings (SSSR count). The number of nitrogens with zero attached hydrogens (tertiary/aromatic N) is 2. The van der Waals surface area contributed by atoms with E-state index in [9.17, 15) is 19.2 Å². The van der Waals surface area contributed by atoms with E-state index >= 15 is 0 Å². The molecule has 1 aliphatic heterocycles. The highest BCUT2D eigenvalue weighted by Gasteiger charge is 2.40. The second-order valence-electron chi connectivity index (χ2n) is 11.6. The largest absolute Gasteiger partial charge is 0.444 e. The van der Waals surface area contributed by atoms with Gasteiger partial charge < -0.3 is 19.9 Å². The Kier molecular flexibility index (Phi) is 8.42. The molecule has 1 fully saturated rings. The molecule has 1 atom stereocenters. The zero-order chi connectivity index (χ0) is 28.3. The van der Waals surface area contributed by atoms with Crippen molar-refractivity contribution in [1.82, 2.24) is 5.32 Å². The topological polar surface area (TPSA) is 96.0 Å². The Balaban J connectivity index is 1.76. The molecular weight excluding hydrogens is 494 g/mol. The third kappa shape index (κ3) is 6.67. The van der Waals surface area contributed by atoms with Crippen molar-refractivity contribution in [2.45, 2.75) is 78.4 Å². The van der Waals surface area contributed by atoms with Gasteiger partial charge in [-0.25, -0.2) is 4.79 Å². The van der Waals surface area contributed by atoms with Gasteiger partial charge in [0.15, 0.2) is 5.78 Å². The van der Waals surface area contributed by atoms with Crippen LogP contribution in [0.2, 0.25) is 0 Å². The van der Waals surface area contributed by atoms with Gasteiger partial charge in [0.05, 0.1) is 24.5 Å².